The fourth-order valence-corrected chi connectivity index (χ4v) is 4.01. The van der Waals surface area contributed by atoms with Gasteiger partial charge in [0.2, 0.25) is 0 Å². The summed E-state index contributed by atoms with van der Waals surface area (Å²) in [6.45, 7) is 5.28. The van der Waals surface area contributed by atoms with Crippen molar-refractivity contribution in [2.75, 3.05) is 32.0 Å². The van der Waals surface area contributed by atoms with Crippen LogP contribution in [0.5, 0.6) is 5.75 Å². The molecule has 0 bridgehead atoms. The fraction of sp³-hybridized carbons (Fsp3) is 0.611. The smallest absolute Gasteiger partial charge is 0.119 e. The van der Waals surface area contributed by atoms with Crippen LogP contribution in [0, 0.1) is 11.3 Å². The topological polar surface area (TPSA) is 56.5 Å². The third-order valence-corrected chi connectivity index (χ3v) is 5.20. The molecule has 4 nitrogen and oxygen atoms in total. The van der Waals surface area contributed by atoms with Gasteiger partial charge in [-0.1, -0.05) is 13.3 Å². The van der Waals surface area contributed by atoms with Crippen molar-refractivity contribution in [3.63, 3.8) is 0 Å². The number of aliphatic hydroxyl groups excluding tert-OH is 1. The maximum absolute atomic E-state index is 10.2. The average molecular weight is 334 g/mol. The minimum Gasteiger partial charge on any atom is -0.491 e. The van der Waals surface area contributed by atoms with Gasteiger partial charge in [-0.25, -0.2) is 0 Å². The van der Waals surface area contributed by atoms with Crippen molar-refractivity contribution in [1.29, 1.82) is 5.26 Å². The molecule has 0 amide bonds. The Morgan fingerprint density at radius 1 is 1.39 bits per heavy atom. The highest BCUT2D eigenvalue weighted by Gasteiger charge is 2.20. The summed E-state index contributed by atoms with van der Waals surface area (Å²) < 4.78 is 5.62. The van der Waals surface area contributed by atoms with Crippen LogP contribution in [0.3, 0.4) is 0 Å². The first-order valence-electron chi connectivity index (χ1n) is 8.36. The molecule has 1 N–H and O–H groups in total. The standard InChI is InChI=1S/C18H26N2O2S/c1-2-23-18-5-3-4-10-20(13-18)12-16(21)14-22-17-8-6-15(11-19)7-9-17/h6-9,16,18,21H,2-5,10,12-14H2,1H3. The van der Waals surface area contributed by atoms with Crippen LogP contribution in [0.25, 0.3) is 0 Å². The summed E-state index contributed by atoms with van der Waals surface area (Å²) in [6.07, 6.45) is 3.29. The quantitative estimate of drug-likeness (QED) is 0.831. The molecule has 23 heavy (non-hydrogen) atoms. The van der Waals surface area contributed by atoms with E-state index in [1.54, 1.807) is 24.3 Å². The fourth-order valence-electron chi connectivity index (χ4n) is 2.88. The van der Waals surface area contributed by atoms with Crippen LogP contribution in [-0.2, 0) is 0 Å². The number of hydrogen-bond donors (Lipinski definition) is 1. The van der Waals surface area contributed by atoms with Crippen molar-refractivity contribution in [1.82, 2.24) is 4.90 Å². The highest BCUT2D eigenvalue weighted by atomic mass is 32.2. The third kappa shape index (κ3) is 6.42. The van der Waals surface area contributed by atoms with E-state index in [0.29, 0.717) is 23.1 Å². The zero-order valence-electron chi connectivity index (χ0n) is 13.8. The maximum Gasteiger partial charge on any atom is 0.119 e. The Labute approximate surface area is 143 Å². The molecule has 1 aromatic carbocycles. The highest BCUT2D eigenvalue weighted by Crippen LogP contribution is 2.22. The number of β-amino-alcohol motifs (C(OH)–C–C–N with tert-alkyl or cyclic N) is 1. The van der Waals surface area contributed by atoms with Gasteiger partial charge in [0.05, 0.1) is 11.6 Å². The minimum absolute atomic E-state index is 0.286. The van der Waals surface area contributed by atoms with E-state index in [1.807, 2.05) is 11.8 Å². The highest BCUT2D eigenvalue weighted by molar-refractivity contribution is 7.99. The zero-order valence-corrected chi connectivity index (χ0v) is 14.6. The lowest BCUT2D eigenvalue weighted by molar-refractivity contribution is 0.0697. The molecule has 0 aromatic heterocycles. The van der Waals surface area contributed by atoms with Crippen molar-refractivity contribution < 1.29 is 9.84 Å². The molecule has 0 aliphatic carbocycles. The lowest BCUT2D eigenvalue weighted by Gasteiger charge is -2.26. The Morgan fingerprint density at radius 2 is 2.17 bits per heavy atom. The summed E-state index contributed by atoms with van der Waals surface area (Å²) in [4.78, 5) is 2.37. The van der Waals surface area contributed by atoms with Crippen molar-refractivity contribution in [2.45, 2.75) is 37.5 Å². The van der Waals surface area contributed by atoms with Gasteiger partial charge >= 0.3 is 0 Å². The summed E-state index contributed by atoms with van der Waals surface area (Å²) in [5.41, 5.74) is 0.613. The molecular formula is C18H26N2O2S. The number of rotatable bonds is 7. The van der Waals surface area contributed by atoms with Gasteiger partial charge in [0.15, 0.2) is 0 Å². The molecule has 2 rings (SSSR count). The molecule has 0 spiro atoms. The first-order chi connectivity index (χ1) is 11.2. The van der Waals surface area contributed by atoms with E-state index in [9.17, 15) is 5.11 Å². The Bertz CT molecular complexity index is 501. The van der Waals surface area contributed by atoms with E-state index in [2.05, 4.69) is 17.9 Å². The van der Waals surface area contributed by atoms with Gasteiger partial charge in [-0.3, -0.25) is 4.90 Å². The van der Waals surface area contributed by atoms with Crippen molar-refractivity contribution in [3.05, 3.63) is 29.8 Å². The number of benzene rings is 1. The Morgan fingerprint density at radius 3 is 2.87 bits per heavy atom. The van der Waals surface area contributed by atoms with Gasteiger partial charge in [0, 0.05) is 18.3 Å². The van der Waals surface area contributed by atoms with Crippen LogP contribution in [0.2, 0.25) is 0 Å². The predicted octanol–water partition coefficient (Wildman–Crippen LogP) is 2.91. The SMILES string of the molecule is CCSC1CCCCN(CC(O)COc2ccc(C#N)cc2)C1. The van der Waals surface area contributed by atoms with Gasteiger partial charge in [-0.2, -0.15) is 17.0 Å². The second-order valence-corrected chi connectivity index (χ2v) is 7.51. The summed E-state index contributed by atoms with van der Waals surface area (Å²) in [6, 6.07) is 9.07. The molecular weight excluding hydrogens is 308 g/mol. The molecule has 0 saturated carbocycles. The first kappa shape index (κ1) is 18.1. The summed E-state index contributed by atoms with van der Waals surface area (Å²) >= 11 is 2.03. The molecule has 1 fully saturated rings. The molecule has 5 heteroatoms. The van der Waals surface area contributed by atoms with Gasteiger partial charge < -0.3 is 9.84 Å². The number of thioether (sulfide) groups is 1. The van der Waals surface area contributed by atoms with Gasteiger partial charge in [-0.15, -0.1) is 0 Å². The molecule has 2 unspecified atom stereocenters. The van der Waals surface area contributed by atoms with Crippen LogP contribution in [0.1, 0.15) is 31.7 Å². The molecule has 1 aromatic rings. The number of aliphatic hydroxyl groups is 1. The lowest BCUT2D eigenvalue weighted by atomic mass is 10.2. The second kappa shape index (κ2) is 9.82. The number of nitriles is 1. The second-order valence-electron chi connectivity index (χ2n) is 5.93. The summed E-state index contributed by atoms with van der Waals surface area (Å²) in [7, 11) is 0. The van der Waals surface area contributed by atoms with Crippen molar-refractivity contribution in [3.8, 4) is 11.8 Å². The Balaban J connectivity index is 1.76. The van der Waals surface area contributed by atoms with Crippen LogP contribution in [0.15, 0.2) is 24.3 Å². The largest absolute Gasteiger partial charge is 0.491 e. The minimum atomic E-state index is -0.490. The van der Waals surface area contributed by atoms with Gasteiger partial charge in [0.1, 0.15) is 18.5 Å². The van der Waals surface area contributed by atoms with Crippen LogP contribution in [-0.4, -0.2) is 53.4 Å². The zero-order chi connectivity index (χ0) is 16.5. The lowest BCUT2D eigenvalue weighted by Crippen LogP contribution is -2.38. The van der Waals surface area contributed by atoms with E-state index in [0.717, 1.165) is 18.8 Å². The summed E-state index contributed by atoms with van der Waals surface area (Å²) in [5.74, 6) is 1.85. The Kier molecular flexibility index (Phi) is 7.73. The van der Waals surface area contributed by atoms with E-state index >= 15 is 0 Å². The van der Waals surface area contributed by atoms with Crippen LogP contribution >= 0.6 is 11.8 Å². The molecule has 1 aliphatic heterocycles. The number of likely N-dealkylation sites (tertiary alicyclic amines) is 1. The normalized spacial score (nSPS) is 20.5. The van der Waals surface area contributed by atoms with E-state index in [1.165, 1.54) is 19.3 Å². The molecule has 1 saturated heterocycles. The average Bonchev–Trinajstić information content (AvgIpc) is 2.79. The van der Waals surface area contributed by atoms with Crippen LogP contribution < -0.4 is 4.74 Å². The van der Waals surface area contributed by atoms with E-state index in [-0.39, 0.29) is 6.61 Å². The number of nitrogens with zero attached hydrogens (tertiary/aromatic N) is 2. The van der Waals surface area contributed by atoms with Gasteiger partial charge in [0.25, 0.3) is 0 Å². The predicted molar refractivity (Wildman–Crippen MR) is 94.9 cm³/mol. The third-order valence-electron chi connectivity index (χ3n) is 4.01. The summed E-state index contributed by atoms with van der Waals surface area (Å²) in [5, 5.41) is 19.7. The molecule has 2 atom stereocenters. The van der Waals surface area contributed by atoms with Crippen molar-refractivity contribution in [2.24, 2.45) is 0 Å². The maximum atomic E-state index is 10.2. The monoisotopic (exact) mass is 334 g/mol. The first-order valence-corrected chi connectivity index (χ1v) is 9.41. The van der Waals surface area contributed by atoms with E-state index < -0.39 is 6.10 Å². The molecule has 1 aliphatic rings. The number of hydrogen-bond acceptors (Lipinski definition) is 5. The molecule has 126 valence electrons. The molecule has 1 heterocycles. The van der Waals surface area contributed by atoms with Crippen LogP contribution in [0.4, 0.5) is 0 Å². The van der Waals surface area contributed by atoms with E-state index in [4.69, 9.17) is 10.00 Å². The van der Waals surface area contributed by atoms with Gasteiger partial charge in [-0.05, 0) is 49.4 Å². The number of ether oxygens (including phenoxy) is 1. The van der Waals surface area contributed by atoms with Crippen molar-refractivity contribution >= 4 is 11.8 Å². The Hall–Kier alpha value is -1.22. The molecule has 0 radical (unpaired) electrons.